The highest BCUT2D eigenvalue weighted by Crippen LogP contribution is 2.46. The number of hydrogen-bond donors (Lipinski definition) is 2. The number of amides is 2. The number of Topliss-reactive ketones (excluding diaryl/α,β-unsaturated/α-hetero) is 1. The number of aliphatic hydroxyl groups is 1. The van der Waals surface area contributed by atoms with Crippen molar-refractivity contribution in [1.29, 1.82) is 0 Å². The van der Waals surface area contributed by atoms with Gasteiger partial charge in [0.25, 0.3) is 11.7 Å². The summed E-state index contributed by atoms with van der Waals surface area (Å²) in [5, 5.41) is 14.4. The van der Waals surface area contributed by atoms with Crippen molar-refractivity contribution in [3.63, 3.8) is 0 Å². The van der Waals surface area contributed by atoms with Crippen LogP contribution in [-0.2, 0) is 14.4 Å². The number of anilines is 2. The molecule has 3 aromatic rings. The molecule has 1 saturated heterocycles. The molecule has 9 heteroatoms. The highest BCUT2D eigenvalue weighted by Gasteiger charge is 2.48. The van der Waals surface area contributed by atoms with Crippen molar-refractivity contribution in [1.82, 2.24) is 0 Å². The first-order valence-corrected chi connectivity index (χ1v) is 11.3. The summed E-state index contributed by atoms with van der Waals surface area (Å²) in [7, 11) is 2.90. The van der Waals surface area contributed by atoms with Gasteiger partial charge in [-0.1, -0.05) is 35.9 Å². The van der Waals surface area contributed by atoms with Crippen molar-refractivity contribution in [3.05, 3.63) is 88.5 Å². The number of nitrogens with one attached hydrogen (secondary N) is 1. The first-order valence-electron chi connectivity index (χ1n) is 10.9. The Balaban J connectivity index is 2.00. The lowest BCUT2D eigenvalue weighted by Gasteiger charge is -2.27. The quantitative estimate of drug-likeness (QED) is 0.279. The first kappa shape index (κ1) is 24.8. The third kappa shape index (κ3) is 4.50. The highest BCUT2D eigenvalue weighted by atomic mass is 35.5. The van der Waals surface area contributed by atoms with Crippen LogP contribution in [0.15, 0.2) is 72.3 Å². The van der Waals surface area contributed by atoms with E-state index in [0.29, 0.717) is 27.7 Å². The van der Waals surface area contributed by atoms with Crippen molar-refractivity contribution < 1.29 is 29.0 Å². The average Bonchev–Trinajstić information content (AvgIpc) is 3.13. The van der Waals surface area contributed by atoms with Gasteiger partial charge in [-0.15, -0.1) is 0 Å². The van der Waals surface area contributed by atoms with E-state index in [4.69, 9.17) is 21.1 Å². The fourth-order valence-corrected chi connectivity index (χ4v) is 4.40. The Morgan fingerprint density at radius 1 is 0.972 bits per heavy atom. The Bertz CT molecular complexity index is 1400. The molecular weight excluding hydrogens is 484 g/mol. The summed E-state index contributed by atoms with van der Waals surface area (Å²) in [5.41, 5.74) is 1.27. The van der Waals surface area contributed by atoms with E-state index in [1.165, 1.54) is 32.1 Å². The molecule has 184 valence electrons. The van der Waals surface area contributed by atoms with E-state index < -0.39 is 23.5 Å². The molecule has 1 aliphatic rings. The zero-order valence-corrected chi connectivity index (χ0v) is 20.5. The molecule has 1 heterocycles. The Hall–Kier alpha value is -4.30. The van der Waals surface area contributed by atoms with Gasteiger partial charge < -0.3 is 19.9 Å². The zero-order valence-electron chi connectivity index (χ0n) is 19.7. The van der Waals surface area contributed by atoms with Crippen molar-refractivity contribution in [2.24, 2.45) is 0 Å². The third-order valence-corrected chi connectivity index (χ3v) is 5.97. The fourth-order valence-electron chi connectivity index (χ4n) is 4.23. The Morgan fingerprint density at radius 3 is 2.39 bits per heavy atom. The molecule has 1 unspecified atom stereocenters. The Kier molecular flexibility index (Phi) is 6.98. The minimum absolute atomic E-state index is 0.157. The molecule has 0 aromatic heterocycles. The van der Waals surface area contributed by atoms with E-state index in [2.05, 4.69) is 5.32 Å². The molecule has 0 spiro atoms. The van der Waals surface area contributed by atoms with Gasteiger partial charge in [-0.2, -0.15) is 0 Å². The van der Waals surface area contributed by atoms with Gasteiger partial charge in [0.05, 0.1) is 31.4 Å². The van der Waals surface area contributed by atoms with Crippen LogP contribution in [0.4, 0.5) is 11.4 Å². The van der Waals surface area contributed by atoms with Gasteiger partial charge >= 0.3 is 0 Å². The molecule has 36 heavy (non-hydrogen) atoms. The van der Waals surface area contributed by atoms with Crippen LogP contribution in [0.5, 0.6) is 11.5 Å². The van der Waals surface area contributed by atoms with Gasteiger partial charge in [0, 0.05) is 28.9 Å². The molecule has 8 nitrogen and oxygen atoms in total. The minimum atomic E-state index is -1.04. The normalized spacial score (nSPS) is 16.7. The number of carbonyl (C=O) groups excluding carboxylic acids is 3. The Labute approximate surface area is 212 Å². The number of halogens is 1. The van der Waals surface area contributed by atoms with Gasteiger partial charge in [-0.3, -0.25) is 19.3 Å². The van der Waals surface area contributed by atoms with E-state index in [0.717, 1.165) is 0 Å². The molecule has 2 N–H and O–H groups in total. The molecule has 1 aliphatic heterocycles. The van der Waals surface area contributed by atoms with Crippen LogP contribution in [0.3, 0.4) is 0 Å². The molecular formula is C27H23ClN2O6. The number of ether oxygens (including phenoxy) is 2. The van der Waals surface area contributed by atoms with Gasteiger partial charge in [-0.25, -0.2) is 0 Å². The van der Waals surface area contributed by atoms with Crippen molar-refractivity contribution in [2.45, 2.75) is 13.0 Å². The van der Waals surface area contributed by atoms with E-state index >= 15 is 0 Å². The number of ketones is 1. The number of benzene rings is 3. The number of hydrogen-bond acceptors (Lipinski definition) is 6. The van der Waals surface area contributed by atoms with E-state index in [1.54, 1.807) is 60.7 Å². The fraction of sp³-hybridized carbons (Fsp3) is 0.148. The highest BCUT2D eigenvalue weighted by molar-refractivity contribution is 6.51. The van der Waals surface area contributed by atoms with Crippen LogP contribution in [0, 0.1) is 0 Å². The van der Waals surface area contributed by atoms with Gasteiger partial charge in [0.15, 0.2) is 0 Å². The molecule has 0 bridgehead atoms. The van der Waals surface area contributed by atoms with Crippen molar-refractivity contribution >= 4 is 46.3 Å². The largest absolute Gasteiger partial charge is 0.507 e. The third-order valence-electron chi connectivity index (χ3n) is 5.74. The lowest BCUT2D eigenvalue weighted by atomic mass is 9.94. The smallest absolute Gasteiger partial charge is 0.300 e. The number of carbonyl (C=O) groups is 3. The van der Waals surface area contributed by atoms with Crippen LogP contribution < -0.4 is 19.7 Å². The minimum Gasteiger partial charge on any atom is -0.507 e. The molecule has 1 atom stereocenters. The van der Waals surface area contributed by atoms with Crippen LogP contribution in [0.1, 0.15) is 24.1 Å². The molecule has 0 radical (unpaired) electrons. The van der Waals surface area contributed by atoms with Crippen LogP contribution in [-0.4, -0.2) is 36.9 Å². The molecule has 3 aromatic carbocycles. The maximum atomic E-state index is 13.4. The summed E-state index contributed by atoms with van der Waals surface area (Å²) < 4.78 is 10.9. The van der Waals surface area contributed by atoms with Crippen LogP contribution in [0.25, 0.3) is 5.76 Å². The second-order valence-electron chi connectivity index (χ2n) is 7.99. The predicted molar refractivity (Wildman–Crippen MR) is 137 cm³/mol. The van der Waals surface area contributed by atoms with Crippen molar-refractivity contribution in [2.75, 3.05) is 24.4 Å². The monoisotopic (exact) mass is 506 g/mol. The summed E-state index contributed by atoms with van der Waals surface area (Å²) >= 11 is 6.17. The van der Waals surface area contributed by atoms with E-state index in [9.17, 15) is 19.5 Å². The number of para-hydroxylation sites is 1. The maximum Gasteiger partial charge on any atom is 0.300 e. The van der Waals surface area contributed by atoms with E-state index in [-0.39, 0.29) is 22.8 Å². The summed E-state index contributed by atoms with van der Waals surface area (Å²) in [6, 6.07) is 17.0. The summed E-state index contributed by atoms with van der Waals surface area (Å²) in [4.78, 5) is 39.7. The van der Waals surface area contributed by atoms with Crippen LogP contribution in [0.2, 0.25) is 5.02 Å². The first-order chi connectivity index (χ1) is 17.3. The number of rotatable bonds is 6. The standard InChI is InChI=1S/C27H23ClN2O6/c1-15(31)29-17-7-6-8-18(14-17)30-24(19-9-4-5-10-21(19)35-2)23(26(33)27(30)34)25(32)20-13-16(28)11-12-22(20)36-3/h4-14,24,32H,1-3H3,(H,29,31)/b25-23+. The number of methoxy groups -OCH3 is 2. The molecule has 0 aliphatic carbocycles. The second kappa shape index (κ2) is 10.1. The van der Waals surface area contributed by atoms with E-state index in [1.807, 2.05) is 0 Å². The van der Waals surface area contributed by atoms with Crippen molar-refractivity contribution in [3.8, 4) is 11.5 Å². The zero-order chi connectivity index (χ0) is 26.0. The topological polar surface area (TPSA) is 105 Å². The lowest BCUT2D eigenvalue weighted by Crippen LogP contribution is -2.29. The van der Waals surface area contributed by atoms with Gasteiger partial charge in [-0.05, 0) is 42.5 Å². The molecule has 2 amide bonds. The second-order valence-corrected chi connectivity index (χ2v) is 8.42. The summed E-state index contributed by atoms with van der Waals surface area (Å²) in [5.74, 6) is -1.79. The molecule has 0 saturated carbocycles. The van der Waals surface area contributed by atoms with Gasteiger partial charge in [0.1, 0.15) is 17.3 Å². The Morgan fingerprint density at radius 2 is 1.69 bits per heavy atom. The predicted octanol–water partition coefficient (Wildman–Crippen LogP) is 4.94. The summed E-state index contributed by atoms with van der Waals surface area (Å²) in [6.45, 7) is 1.37. The maximum absolute atomic E-state index is 13.4. The van der Waals surface area contributed by atoms with Crippen LogP contribution >= 0.6 is 11.6 Å². The number of nitrogens with zero attached hydrogens (tertiary/aromatic N) is 1. The average molecular weight is 507 g/mol. The van der Waals surface area contributed by atoms with Gasteiger partial charge in [0.2, 0.25) is 5.91 Å². The SMILES string of the molecule is COc1ccc(Cl)cc1/C(O)=C1\C(=O)C(=O)N(c2cccc(NC(C)=O)c2)C1c1ccccc1OC. The molecule has 4 rings (SSSR count). The lowest BCUT2D eigenvalue weighted by molar-refractivity contribution is -0.132. The number of aliphatic hydroxyl groups excluding tert-OH is 1. The molecule has 1 fully saturated rings. The summed E-state index contributed by atoms with van der Waals surface area (Å²) in [6.07, 6.45) is 0.